The second-order valence-electron chi connectivity index (χ2n) is 12.0. The summed E-state index contributed by atoms with van der Waals surface area (Å²) in [5, 5.41) is 3.28. The lowest BCUT2D eigenvalue weighted by atomic mass is 9.80. The van der Waals surface area contributed by atoms with Gasteiger partial charge in [0.1, 0.15) is 0 Å². The Hall–Kier alpha value is -2.86. The second kappa shape index (κ2) is 11.5. The van der Waals surface area contributed by atoms with Gasteiger partial charge in [0.15, 0.2) is 6.10 Å². The standard InChI is InChI=1S/C32H44N2O4/c1-20-13-15-23(16-14-20)27-21(2)25-17-18-34(31(36)33-24-11-9-8-10-12-24)19-26(25)22(3)28(27)29(30(35)37-7)38-32(4,5)6/h13-16,24,29H,8-12,17-19H2,1-7H3,(H,33,36). The zero-order chi connectivity index (χ0) is 27.6. The van der Waals surface area contributed by atoms with Gasteiger partial charge in [-0.15, -0.1) is 0 Å². The van der Waals surface area contributed by atoms with Crippen molar-refractivity contribution in [1.29, 1.82) is 0 Å². The molecule has 1 unspecified atom stereocenters. The number of fused-ring (bicyclic) bond motifs is 1. The maximum atomic E-state index is 13.3. The van der Waals surface area contributed by atoms with Crippen molar-refractivity contribution in [2.24, 2.45) is 0 Å². The first kappa shape index (κ1) is 28.2. The highest BCUT2D eigenvalue weighted by Gasteiger charge is 2.36. The topological polar surface area (TPSA) is 67.9 Å². The van der Waals surface area contributed by atoms with Crippen molar-refractivity contribution in [3.63, 3.8) is 0 Å². The molecule has 6 nitrogen and oxygen atoms in total. The average molecular weight is 521 g/mol. The van der Waals surface area contributed by atoms with E-state index >= 15 is 0 Å². The fourth-order valence-electron chi connectivity index (χ4n) is 6.02. The molecule has 0 saturated heterocycles. The lowest BCUT2D eigenvalue weighted by Gasteiger charge is -2.36. The highest BCUT2D eigenvalue weighted by molar-refractivity contribution is 5.85. The van der Waals surface area contributed by atoms with Crippen LogP contribution in [0, 0.1) is 20.8 Å². The van der Waals surface area contributed by atoms with Crippen LogP contribution in [0.1, 0.15) is 92.4 Å². The third-order valence-electron chi connectivity index (χ3n) is 8.01. The first-order valence-electron chi connectivity index (χ1n) is 14.0. The molecule has 1 aliphatic heterocycles. The molecule has 1 N–H and O–H groups in total. The molecule has 2 aromatic carbocycles. The Labute approximate surface area is 228 Å². The zero-order valence-corrected chi connectivity index (χ0v) is 24.2. The lowest BCUT2D eigenvalue weighted by molar-refractivity contribution is -0.164. The Morgan fingerprint density at radius 2 is 1.63 bits per heavy atom. The maximum absolute atomic E-state index is 13.3. The Bertz CT molecular complexity index is 1170. The number of rotatable bonds is 5. The van der Waals surface area contributed by atoms with Gasteiger partial charge < -0.3 is 19.7 Å². The molecule has 4 rings (SSSR count). The minimum atomic E-state index is -0.883. The highest BCUT2D eigenvalue weighted by atomic mass is 16.6. The molecule has 2 aromatic rings. The number of benzene rings is 2. The Balaban J connectivity index is 1.81. The number of esters is 1. The molecule has 0 bridgehead atoms. The van der Waals surface area contributed by atoms with E-state index in [1.165, 1.54) is 37.5 Å². The van der Waals surface area contributed by atoms with Gasteiger partial charge in [-0.1, -0.05) is 49.1 Å². The van der Waals surface area contributed by atoms with E-state index in [-0.39, 0.29) is 12.1 Å². The molecule has 1 aliphatic carbocycles. The summed E-state index contributed by atoms with van der Waals surface area (Å²) in [5.74, 6) is -0.418. The molecule has 38 heavy (non-hydrogen) atoms. The van der Waals surface area contributed by atoms with Crippen LogP contribution >= 0.6 is 0 Å². The zero-order valence-electron chi connectivity index (χ0n) is 24.2. The van der Waals surface area contributed by atoms with Crippen LogP contribution in [0.5, 0.6) is 0 Å². The maximum Gasteiger partial charge on any atom is 0.339 e. The van der Waals surface area contributed by atoms with Crippen LogP contribution in [-0.2, 0) is 27.2 Å². The summed E-state index contributed by atoms with van der Waals surface area (Å²) in [4.78, 5) is 28.4. The predicted molar refractivity (Wildman–Crippen MR) is 151 cm³/mol. The number of hydrogen-bond acceptors (Lipinski definition) is 4. The number of nitrogens with zero attached hydrogens (tertiary/aromatic N) is 1. The molecule has 2 aliphatic rings. The van der Waals surface area contributed by atoms with E-state index in [0.717, 1.165) is 52.6 Å². The van der Waals surface area contributed by atoms with E-state index in [0.29, 0.717) is 13.1 Å². The van der Waals surface area contributed by atoms with E-state index < -0.39 is 17.7 Å². The molecule has 0 spiro atoms. The average Bonchev–Trinajstić information content (AvgIpc) is 2.89. The van der Waals surface area contributed by atoms with Crippen LogP contribution < -0.4 is 5.32 Å². The van der Waals surface area contributed by atoms with Gasteiger partial charge in [0.05, 0.1) is 12.7 Å². The van der Waals surface area contributed by atoms with Crippen LogP contribution in [0.2, 0.25) is 0 Å². The van der Waals surface area contributed by atoms with Crippen molar-refractivity contribution < 1.29 is 19.1 Å². The van der Waals surface area contributed by atoms with Gasteiger partial charge in [-0.05, 0) is 94.2 Å². The smallest absolute Gasteiger partial charge is 0.339 e. The Kier molecular flexibility index (Phi) is 8.51. The molecule has 206 valence electrons. The quantitative estimate of drug-likeness (QED) is 0.445. The SMILES string of the molecule is COC(=O)C(OC(C)(C)C)c1c(C)c2c(c(C)c1-c1ccc(C)cc1)CCN(C(=O)NC1CCCCC1)C2. The number of urea groups is 1. The van der Waals surface area contributed by atoms with Crippen molar-refractivity contribution in [2.45, 2.75) is 104 Å². The van der Waals surface area contributed by atoms with E-state index in [2.05, 4.69) is 50.4 Å². The molecule has 1 saturated carbocycles. The van der Waals surface area contributed by atoms with Gasteiger partial charge in [0.25, 0.3) is 0 Å². The van der Waals surface area contributed by atoms with Crippen LogP contribution in [0.4, 0.5) is 4.79 Å². The van der Waals surface area contributed by atoms with E-state index in [1.54, 1.807) is 0 Å². The Morgan fingerprint density at radius 1 is 0.974 bits per heavy atom. The molecule has 0 aromatic heterocycles. The van der Waals surface area contributed by atoms with Gasteiger partial charge in [-0.25, -0.2) is 9.59 Å². The number of carbonyl (C=O) groups is 2. The van der Waals surface area contributed by atoms with Crippen molar-refractivity contribution >= 4 is 12.0 Å². The predicted octanol–water partition coefficient (Wildman–Crippen LogP) is 6.71. The van der Waals surface area contributed by atoms with E-state index in [1.807, 2.05) is 25.7 Å². The molecular weight excluding hydrogens is 476 g/mol. The molecule has 1 atom stereocenters. The van der Waals surface area contributed by atoms with Gasteiger partial charge in [0, 0.05) is 24.7 Å². The minimum absolute atomic E-state index is 0.0132. The molecule has 1 fully saturated rings. The van der Waals surface area contributed by atoms with Crippen molar-refractivity contribution in [1.82, 2.24) is 10.2 Å². The summed E-state index contributed by atoms with van der Waals surface area (Å²) in [7, 11) is 1.41. The van der Waals surface area contributed by atoms with Crippen LogP contribution in [-0.4, -0.2) is 42.2 Å². The minimum Gasteiger partial charge on any atom is -0.467 e. The summed E-state index contributed by atoms with van der Waals surface area (Å²) in [6, 6.07) is 8.71. The summed E-state index contributed by atoms with van der Waals surface area (Å²) < 4.78 is 11.7. The Morgan fingerprint density at radius 3 is 2.24 bits per heavy atom. The van der Waals surface area contributed by atoms with Crippen LogP contribution in [0.3, 0.4) is 0 Å². The van der Waals surface area contributed by atoms with Gasteiger partial charge in [-0.3, -0.25) is 0 Å². The van der Waals surface area contributed by atoms with Crippen molar-refractivity contribution in [3.8, 4) is 11.1 Å². The number of amides is 2. The summed E-state index contributed by atoms with van der Waals surface area (Å²) >= 11 is 0. The number of nitrogens with one attached hydrogen (secondary N) is 1. The number of hydrogen-bond donors (Lipinski definition) is 1. The summed E-state index contributed by atoms with van der Waals surface area (Å²) in [6.45, 7) is 13.3. The second-order valence-corrected chi connectivity index (χ2v) is 12.0. The van der Waals surface area contributed by atoms with Crippen molar-refractivity contribution in [3.05, 3.63) is 57.6 Å². The molecule has 1 heterocycles. The monoisotopic (exact) mass is 520 g/mol. The van der Waals surface area contributed by atoms with E-state index in [4.69, 9.17) is 9.47 Å². The van der Waals surface area contributed by atoms with Crippen LogP contribution in [0.15, 0.2) is 24.3 Å². The van der Waals surface area contributed by atoms with E-state index in [9.17, 15) is 9.59 Å². The first-order valence-corrected chi connectivity index (χ1v) is 14.0. The lowest BCUT2D eigenvalue weighted by Crippen LogP contribution is -2.47. The van der Waals surface area contributed by atoms with Gasteiger partial charge in [0.2, 0.25) is 0 Å². The normalized spacial score (nSPS) is 17.1. The molecular formula is C32H44N2O4. The summed E-state index contributed by atoms with van der Waals surface area (Å²) in [5.41, 5.74) is 8.05. The van der Waals surface area contributed by atoms with Crippen molar-refractivity contribution in [2.75, 3.05) is 13.7 Å². The first-order chi connectivity index (χ1) is 18.0. The van der Waals surface area contributed by atoms with Gasteiger partial charge >= 0.3 is 12.0 Å². The fourth-order valence-corrected chi connectivity index (χ4v) is 6.02. The fraction of sp³-hybridized carbons (Fsp3) is 0.562. The van der Waals surface area contributed by atoms with Crippen LogP contribution in [0.25, 0.3) is 11.1 Å². The molecule has 6 heteroatoms. The third-order valence-corrected chi connectivity index (χ3v) is 8.01. The number of ether oxygens (including phenoxy) is 2. The molecule has 0 radical (unpaired) electrons. The largest absolute Gasteiger partial charge is 0.467 e. The number of aryl methyl sites for hydroxylation is 1. The molecule has 2 amide bonds. The van der Waals surface area contributed by atoms with Gasteiger partial charge in [-0.2, -0.15) is 0 Å². The number of carbonyl (C=O) groups excluding carboxylic acids is 2. The summed E-state index contributed by atoms with van der Waals surface area (Å²) in [6.07, 6.45) is 5.63. The highest BCUT2D eigenvalue weighted by Crippen LogP contribution is 2.43. The number of methoxy groups -OCH3 is 1. The third kappa shape index (κ3) is 6.06.